The quantitative estimate of drug-likeness (QED) is 0.407. The van der Waals surface area contributed by atoms with Crippen LogP contribution in [0.5, 0.6) is 0 Å². The first-order chi connectivity index (χ1) is 10.6. The Balaban J connectivity index is 1.96. The second-order valence-corrected chi connectivity index (χ2v) is 5.47. The number of hydrogen-bond donors (Lipinski definition) is 1. The number of carbonyl (C=O) groups is 1. The molecule has 0 spiro atoms. The van der Waals surface area contributed by atoms with Gasteiger partial charge in [0.15, 0.2) is 5.65 Å². The van der Waals surface area contributed by atoms with E-state index < -0.39 is 10.8 Å². The molecule has 1 N–H and O–H groups in total. The van der Waals surface area contributed by atoms with Gasteiger partial charge in [0, 0.05) is 28.0 Å². The highest BCUT2D eigenvalue weighted by Crippen LogP contribution is 2.21. The van der Waals surface area contributed by atoms with Gasteiger partial charge in [0.25, 0.3) is 11.6 Å². The van der Waals surface area contributed by atoms with Gasteiger partial charge in [-0.25, -0.2) is 4.98 Å². The molecule has 0 aliphatic carbocycles. The molecule has 0 aliphatic heterocycles. The summed E-state index contributed by atoms with van der Waals surface area (Å²) in [7, 11) is 0. The van der Waals surface area contributed by atoms with E-state index in [4.69, 9.17) is 0 Å². The van der Waals surface area contributed by atoms with Crippen LogP contribution in [0.3, 0.4) is 0 Å². The Hall–Kier alpha value is -2.56. The maximum Gasteiger partial charge on any atom is 0.270 e. The molecule has 3 aromatic rings. The van der Waals surface area contributed by atoms with Crippen molar-refractivity contribution in [1.29, 1.82) is 0 Å². The first-order valence-electron chi connectivity index (χ1n) is 6.10. The molecule has 0 saturated heterocycles. The zero-order valence-electron chi connectivity index (χ0n) is 10.9. The normalized spacial score (nSPS) is 10.6. The lowest BCUT2D eigenvalue weighted by Crippen LogP contribution is -2.16. The summed E-state index contributed by atoms with van der Waals surface area (Å²) in [6.07, 6.45) is 3.11. The summed E-state index contributed by atoms with van der Waals surface area (Å²) in [5, 5.41) is 17.6. The second-order valence-electron chi connectivity index (χ2n) is 4.31. The van der Waals surface area contributed by atoms with Gasteiger partial charge in [-0.15, -0.1) is 0 Å². The molecule has 0 bridgehead atoms. The van der Waals surface area contributed by atoms with Gasteiger partial charge in [-0.05, 0) is 34.7 Å². The third-order valence-electron chi connectivity index (χ3n) is 2.94. The van der Waals surface area contributed by atoms with Crippen LogP contribution in [0.4, 0.5) is 11.5 Å². The van der Waals surface area contributed by atoms with Crippen LogP contribution in [-0.2, 0) is 0 Å². The average Bonchev–Trinajstić information content (AvgIpc) is 2.97. The lowest BCUT2D eigenvalue weighted by atomic mass is 10.2. The fourth-order valence-corrected chi connectivity index (χ4v) is 2.49. The predicted octanol–water partition coefficient (Wildman–Crippen LogP) is 2.49. The zero-order chi connectivity index (χ0) is 15.7. The highest BCUT2D eigenvalue weighted by atomic mass is 127. The maximum atomic E-state index is 12.4. The van der Waals surface area contributed by atoms with E-state index in [2.05, 4.69) is 15.4 Å². The Bertz CT molecular complexity index is 892. The summed E-state index contributed by atoms with van der Waals surface area (Å²) < 4.78 is 2.09. The Morgan fingerprint density at radius 1 is 1.27 bits per heavy atom. The minimum absolute atomic E-state index is 0.135. The summed E-state index contributed by atoms with van der Waals surface area (Å²) in [5.74, 6) is -0.0154. The molecule has 0 radical (unpaired) electrons. The van der Waals surface area contributed by atoms with Crippen molar-refractivity contribution in [2.75, 3.05) is 5.32 Å². The van der Waals surface area contributed by atoms with Crippen molar-refractivity contribution in [2.24, 2.45) is 0 Å². The monoisotopic (exact) mass is 409 g/mol. The van der Waals surface area contributed by atoms with Crippen LogP contribution in [0.1, 0.15) is 10.4 Å². The smallest absolute Gasteiger partial charge is 0.270 e. The van der Waals surface area contributed by atoms with Crippen LogP contribution in [-0.4, -0.2) is 25.4 Å². The number of rotatable bonds is 3. The van der Waals surface area contributed by atoms with Crippen LogP contribution in [0.25, 0.3) is 5.65 Å². The number of anilines is 1. The molecular formula is C13H8IN5O3. The SMILES string of the molecule is O=C(Nc1ccnc2ccnn12)c1cc([N+](=O)[O-])ccc1I. The number of nitro benzene ring substituents is 1. The van der Waals surface area contributed by atoms with E-state index in [1.165, 1.54) is 22.7 Å². The molecule has 1 amide bonds. The summed E-state index contributed by atoms with van der Waals surface area (Å²) in [4.78, 5) is 26.8. The van der Waals surface area contributed by atoms with Gasteiger partial charge >= 0.3 is 0 Å². The average molecular weight is 409 g/mol. The molecule has 3 rings (SSSR count). The molecule has 110 valence electrons. The molecule has 2 aromatic heterocycles. The number of amides is 1. The van der Waals surface area contributed by atoms with E-state index in [9.17, 15) is 14.9 Å². The van der Waals surface area contributed by atoms with Crippen molar-refractivity contribution in [3.05, 3.63) is 62.0 Å². The van der Waals surface area contributed by atoms with Gasteiger partial charge in [0.05, 0.1) is 16.7 Å². The van der Waals surface area contributed by atoms with Crippen LogP contribution in [0, 0.1) is 13.7 Å². The second kappa shape index (κ2) is 5.67. The predicted molar refractivity (Wildman–Crippen MR) is 86.8 cm³/mol. The molecule has 0 atom stereocenters. The first-order valence-corrected chi connectivity index (χ1v) is 7.18. The Kier molecular flexibility index (Phi) is 3.71. The summed E-state index contributed by atoms with van der Waals surface area (Å²) >= 11 is 1.96. The number of halogens is 1. The third kappa shape index (κ3) is 2.62. The molecule has 1 aromatic carbocycles. The van der Waals surface area contributed by atoms with E-state index in [1.54, 1.807) is 24.5 Å². The van der Waals surface area contributed by atoms with E-state index >= 15 is 0 Å². The van der Waals surface area contributed by atoms with Crippen LogP contribution in [0.2, 0.25) is 0 Å². The Morgan fingerprint density at radius 2 is 2.09 bits per heavy atom. The highest BCUT2D eigenvalue weighted by Gasteiger charge is 2.16. The number of fused-ring (bicyclic) bond motifs is 1. The number of aromatic nitrogens is 3. The fraction of sp³-hybridized carbons (Fsp3) is 0. The van der Waals surface area contributed by atoms with Crippen LogP contribution >= 0.6 is 22.6 Å². The topological polar surface area (TPSA) is 102 Å². The number of nitrogens with one attached hydrogen (secondary N) is 1. The standard InChI is InChI=1S/C13H8IN5O3/c14-10-2-1-8(19(21)22)7-9(10)13(20)17-12-3-5-15-11-4-6-16-18(11)12/h1-7H,(H,17,20). The molecule has 9 heteroatoms. The van der Waals surface area contributed by atoms with Gasteiger partial charge in [-0.2, -0.15) is 9.61 Å². The van der Waals surface area contributed by atoms with Crippen LogP contribution < -0.4 is 5.32 Å². The zero-order valence-corrected chi connectivity index (χ0v) is 13.1. The van der Waals surface area contributed by atoms with Crippen molar-refractivity contribution >= 4 is 45.7 Å². The van der Waals surface area contributed by atoms with Crippen LogP contribution in [0.15, 0.2) is 42.7 Å². The van der Waals surface area contributed by atoms with Gasteiger partial charge in [-0.1, -0.05) is 0 Å². The highest BCUT2D eigenvalue weighted by molar-refractivity contribution is 14.1. The molecule has 0 unspecified atom stereocenters. The Morgan fingerprint density at radius 3 is 2.86 bits per heavy atom. The van der Waals surface area contributed by atoms with Crippen molar-refractivity contribution in [1.82, 2.24) is 14.6 Å². The summed E-state index contributed by atoms with van der Waals surface area (Å²) in [6.45, 7) is 0. The van der Waals surface area contributed by atoms with E-state index in [0.717, 1.165) is 0 Å². The lowest BCUT2D eigenvalue weighted by molar-refractivity contribution is -0.384. The summed E-state index contributed by atoms with van der Waals surface area (Å²) in [5.41, 5.74) is 0.683. The lowest BCUT2D eigenvalue weighted by Gasteiger charge is -2.08. The minimum atomic E-state index is -0.537. The number of non-ortho nitro benzene ring substituents is 1. The number of nitrogens with zero attached hydrogens (tertiary/aromatic N) is 4. The molecule has 0 fully saturated rings. The third-order valence-corrected chi connectivity index (χ3v) is 3.88. The van der Waals surface area contributed by atoms with Gasteiger partial charge in [-0.3, -0.25) is 14.9 Å². The fourth-order valence-electron chi connectivity index (χ4n) is 1.91. The Labute approximate surface area is 137 Å². The van der Waals surface area contributed by atoms with Gasteiger partial charge < -0.3 is 5.32 Å². The van der Waals surface area contributed by atoms with Gasteiger partial charge in [0.1, 0.15) is 5.82 Å². The van der Waals surface area contributed by atoms with Crippen molar-refractivity contribution in [3.8, 4) is 0 Å². The van der Waals surface area contributed by atoms with Crippen molar-refractivity contribution in [2.45, 2.75) is 0 Å². The first kappa shape index (κ1) is 14.4. The summed E-state index contributed by atoms with van der Waals surface area (Å²) in [6, 6.07) is 7.44. The van der Waals surface area contributed by atoms with E-state index in [-0.39, 0.29) is 11.3 Å². The van der Waals surface area contributed by atoms with E-state index in [1.807, 2.05) is 22.6 Å². The van der Waals surface area contributed by atoms with E-state index in [0.29, 0.717) is 15.0 Å². The van der Waals surface area contributed by atoms with Crippen molar-refractivity contribution < 1.29 is 9.72 Å². The number of nitro groups is 1. The molecular weight excluding hydrogens is 401 g/mol. The molecule has 0 aliphatic rings. The molecule has 22 heavy (non-hydrogen) atoms. The number of benzene rings is 1. The maximum absolute atomic E-state index is 12.4. The minimum Gasteiger partial charge on any atom is -0.306 e. The molecule has 0 saturated carbocycles. The number of hydrogen-bond acceptors (Lipinski definition) is 5. The number of carbonyl (C=O) groups excluding carboxylic acids is 1. The van der Waals surface area contributed by atoms with Gasteiger partial charge in [0.2, 0.25) is 0 Å². The molecule has 2 heterocycles. The largest absolute Gasteiger partial charge is 0.306 e. The molecule has 8 nitrogen and oxygen atoms in total. The van der Waals surface area contributed by atoms with Crippen molar-refractivity contribution in [3.63, 3.8) is 0 Å².